The minimum absolute atomic E-state index is 0.0559. The molecule has 2 heterocycles. The molecule has 2 rings (SSSR count). The van der Waals surface area contributed by atoms with E-state index in [1.165, 1.54) is 0 Å². The number of carboxylic acid groups (broad SMARTS) is 1. The molecular weight excluding hydrogens is 292 g/mol. The van der Waals surface area contributed by atoms with Gasteiger partial charge in [-0.05, 0) is 24.8 Å². The van der Waals surface area contributed by atoms with Crippen LogP contribution in [0.1, 0.15) is 26.0 Å². The normalized spacial score (nSPS) is 12.8. The first-order valence-electron chi connectivity index (χ1n) is 6.53. The highest BCUT2D eigenvalue weighted by Crippen LogP contribution is 2.26. The lowest BCUT2D eigenvalue weighted by Gasteiger charge is -2.25. The van der Waals surface area contributed by atoms with Gasteiger partial charge in [-0.1, -0.05) is 6.92 Å². The van der Waals surface area contributed by atoms with Crippen molar-refractivity contribution in [2.24, 2.45) is 0 Å². The first-order valence-corrected chi connectivity index (χ1v) is 8.35. The first-order chi connectivity index (χ1) is 9.60. The summed E-state index contributed by atoms with van der Waals surface area (Å²) in [7, 11) is 0. The molecule has 2 aromatic heterocycles. The van der Waals surface area contributed by atoms with Gasteiger partial charge in [0.15, 0.2) is 0 Å². The monoisotopic (exact) mass is 310 g/mol. The molecule has 6 heteroatoms. The number of carboxylic acids is 1. The fourth-order valence-corrected chi connectivity index (χ4v) is 3.43. The van der Waals surface area contributed by atoms with Crippen molar-refractivity contribution in [2.75, 3.05) is 6.54 Å². The first kappa shape index (κ1) is 15.2. The lowest BCUT2D eigenvalue weighted by Crippen LogP contribution is -2.36. The van der Waals surface area contributed by atoms with E-state index in [1.807, 2.05) is 15.7 Å². The molecular formula is C14H18N2O2S2. The Morgan fingerprint density at radius 2 is 2.30 bits per heavy atom. The number of hydrogen-bond acceptors (Lipinski definition) is 5. The van der Waals surface area contributed by atoms with E-state index in [2.05, 4.69) is 30.3 Å². The molecule has 4 nitrogen and oxygen atoms in total. The molecule has 0 spiro atoms. The second-order valence-corrected chi connectivity index (χ2v) is 6.35. The summed E-state index contributed by atoms with van der Waals surface area (Å²) in [6.07, 6.45) is 0.925. The molecule has 1 unspecified atom stereocenters. The maximum absolute atomic E-state index is 11.0. The number of aliphatic carboxylic acids is 1. The van der Waals surface area contributed by atoms with Crippen molar-refractivity contribution in [2.45, 2.75) is 32.9 Å². The van der Waals surface area contributed by atoms with Crippen molar-refractivity contribution >= 4 is 28.6 Å². The molecule has 0 aromatic carbocycles. The van der Waals surface area contributed by atoms with Crippen LogP contribution in [0.4, 0.5) is 0 Å². The van der Waals surface area contributed by atoms with E-state index in [0.29, 0.717) is 6.54 Å². The van der Waals surface area contributed by atoms with Crippen LogP contribution in [0, 0.1) is 0 Å². The Morgan fingerprint density at radius 1 is 1.50 bits per heavy atom. The van der Waals surface area contributed by atoms with Gasteiger partial charge in [-0.3, -0.25) is 9.69 Å². The van der Waals surface area contributed by atoms with Crippen LogP contribution in [0.5, 0.6) is 0 Å². The molecule has 0 saturated heterocycles. The number of nitrogens with zero attached hydrogens (tertiary/aromatic N) is 2. The molecule has 1 atom stereocenters. The summed E-state index contributed by atoms with van der Waals surface area (Å²) in [6.45, 7) is 4.76. The van der Waals surface area contributed by atoms with Crippen molar-refractivity contribution < 1.29 is 9.90 Å². The summed E-state index contributed by atoms with van der Waals surface area (Å²) in [5.74, 6) is -0.793. The number of thiophene rings is 1. The zero-order chi connectivity index (χ0) is 14.5. The maximum Gasteiger partial charge on any atom is 0.317 e. The fraction of sp³-hybridized carbons (Fsp3) is 0.429. The summed E-state index contributed by atoms with van der Waals surface area (Å²) < 4.78 is 0. The molecule has 0 saturated carbocycles. The Bertz CT molecular complexity index is 551. The fourth-order valence-electron chi connectivity index (χ4n) is 1.91. The zero-order valence-corrected chi connectivity index (χ0v) is 13.2. The summed E-state index contributed by atoms with van der Waals surface area (Å²) in [6, 6.07) is 2.29. The van der Waals surface area contributed by atoms with Gasteiger partial charge in [0.2, 0.25) is 0 Å². The van der Waals surface area contributed by atoms with E-state index >= 15 is 0 Å². The van der Waals surface area contributed by atoms with Gasteiger partial charge in [0.25, 0.3) is 0 Å². The van der Waals surface area contributed by atoms with Crippen LogP contribution in [0.25, 0.3) is 10.6 Å². The molecule has 0 radical (unpaired) electrons. The number of hydrogen-bond donors (Lipinski definition) is 1. The molecule has 0 amide bonds. The second kappa shape index (κ2) is 6.97. The van der Waals surface area contributed by atoms with Gasteiger partial charge in [-0.25, -0.2) is 4.98 Å². The van der Waals surface area contributed by atoms with Gasteiger partial charge in [0, 0.05) is 28.9 Å². The van der Waals surface area contributed by atoms with Crippen LogP contribution in [-0.4, -0.2) is 33.5 Å². The standard InChI is InChI=1S/C14H18N2O2S2/c1-3-10(2)16(7-13(17)18)6-12-9-20-14(15-12)11-4-5-19-8-11/h4-5,8-10H,3,6-7H2,1-2H3,(H,17,18). The third kappa shape index (κ3) is 3.88. The van der Waals surface area contributed by atoms with E-state index in [-0.39, 0.29) is 12.6 Å². The van der Waals surface area contributed by atoms with Crippen molar-refractivity contribution in [3.05, 3.63) is 27.9 Å². The predicted octanol–water partition coefficient (Wildman–Crippen LogP) is 3.56. The maximum atomic E-state index is 11.0. The van der Waals surface area contributed by atoms with Crippen LogP contribution in [0.3, 0.4) is 0 Å². The average molecular weight is 310 g/mol. The zero-order valence-electron chi connectivity index (χ0n) is 11.6. The van der Waals surface area contributed by atoms with Gasteiger partial charge in [-0.15, -0.1) is 11.3 Å². The van der Waals surface area contributed by atoms with E-state index in [9.17, 15) is 4.79 Å². The quantitative estimate of drug-likeness (QED) is 0.849. The highest BCUT2D eigenvalue weighted by Gasteiger charge is 2.17. The minimum atomic E-state index is -0.793. The Labute approximate surface area is 126 Å². The minimum Gasteiger partial charge on any atom is -0.480 e. The number of carbonyl (C=O) groups is 1. The number of rotatable bonds is 7. The Morgan fingerprint density at radius 3 is 2.90 bits per heavy atom. The Balaban J connectivity index is 2.08. The Kier molecular flexibility index (Phi) is 5.28. The van der Waals surface area contributed by atoms with E-state index in [4.69, 9.17) is 5.11 Å². The molecule has 0 aliphatic carbocycles. The molecule has 108 valence electrons. The second-order valence-electron chi connectivity index (χ2n) is 4.71. The average Bonchev–Trinajstić information content (AvgIpc) is 3.06. The summed E-state index contributed by atoms with van der Waals surface area (Å²) in [5.41, 5.74) is 2.08. The van der Waals surface area contributed by atoms with Crippen LogP contribution in [0.2, 0.25) is 0 Å². The van der Waals surface area contributed by atoms with E-state index in [1.54, 1.807) is 22.7 Å². The number of aromatic nitrogens is 1. The summed E-state index contributed by atoms with van der Waals surface area (Å²) in [4.78, 5) is 17.5. The van der Waals surface area contributed by atoms with Crippen molar-refractivity contribution in [1.82, 2.24) is 9.88 Å². The molecule has 1 N–H and O–H groups in total. The summed E-state index contributed by atoms with van der Waals surface area (Å²) >= 11 is 3.26. The van der Waals surface area contributed by atoms with Crippen LogP contribution in [-0.2, 0) is 11.3 Å². The molecule has 0 fully saturated rings. The third-order valence-corrected chi connectivity index (χ3v) is 4.86. The molecule has 0 aliphatic rings. The van der Waals surface area contributed by atoms with E-state index < -0.39 is 5.97 Å². The smallest absolute Gasteiger partial charge is 0.317 e. The SMILES string of the molecule is CCC(C)N(CC(=O)O)Cc1csc(-c2ccsc2)n1. The number of thiazole rings is 1. The topological polar surface area (TPSA) is 53.4 Å². The third-order valence-electron chi connectivity index (χ3n) is 3.24. The van der Waals surface area contributed by atoms with Gasteiger partial charge in [0.1, 0.15) is 5.01 Å². The highest BCUT2D eigenvalue weighted by atomic mass is 32.1. The Hall–Kier alpha value is -1.24. The van der Waals surface area contributed by atoms with Crippen molar-refractivity contribution in [3.8, 4) is 10.6 Å². The largest absolute Gasteiger partial charge is 0.480 e. The molecule has 20 heavy (non-hydrogen) atoms. The van der Waals surface area contributed by atoms with Crippen LogP contribution in [0.15, 0.2) is 22.2 Å². The van der Waals surface area contributed by atoms with Crippen molar-refractivity contribution in [1.29, 1.82) is 0 Å². The van der Waals surface area contributed by atoms with Crippen LogP contribution >= 0.6 is 22.7 Å². The summed E-state index contributed by atoms with van der Waals surface area (Å²) in [5, 5.41) is 16.1. The van der Waals surface area contributed by atoms with Crippen LogP contribution < -0.4 is 0 Å². The van der Waals surface area contributed by atoms with Gasteiger partial charge < -0.3 is 5.11 Å². The predicted molar refractivity (Wildman–Crippen MR) is 83.2 cm³/mol. The van der Waals surface area contributed by atoms with Gasteiger partial charge in [-0.2, -0.15) is 11.3 Å². The molecule has 0 aliphatic heterocycles. The van der Waals surface area contributed by atoms with Crippen molar-refractivity contribution in [3.63, 3.8) is 0 Å². The lowest BCUT2D eigenvalue weighted by atomic mass is 10.2. The highest BCUT2D eigenvalue weighted by molar-refractivity contribution is 7.14. The van der Waals surface area contributed by atoms with E-state index in [0.717, 1.165) is 22.7 Å². The van der Waals surface area contributed by atoms with Gasteiger partial charge >= 0.3 is 5.97 Å². The lowest BCUT2D eigenvalue weighted by molar-refractivity contribution is -0.139. The molecule has 2 aromatic rings. The van der Waals surface area contributed by atoms with Gasteiger partial charge in [0.05, 0.1) is 12.2 Å². The molecule has 0 bridgehead atoms.